The molecule has 1 rings (SSSR count). The highest BCUT2D eigenvalue weighted by Crippen LogP contribution is 2.29. The maximum atomic E-state index is 12.1. The highest BCUT2D eigenvalue weighted by atomic mass is 19.4. The molecule has 0 atom stereocenters. The Morgan fingerprint density at radius 1 is 1.05 bits per heavy atom. The Hall–Kier alpha value is -2.53. The number of carbonyl (C=O) groups excluding carboxylic acids is 2. The second-order valence-electron chi connectivity index (χ2n) is 4.21. The number of benzene rings is 1. The van der Waals surface area contributed by atoms with Crippen LogP contribution in [0.1, 0.15) is 29.8 Å². The first kappa shape index (κ1) is 18.5. The summed E-state index contributed by atoms with van der Waals surface area (Å²) in [6.07, 6.45) is 5.19. The van der Waals surface area contributed by atoms with Crippen molar-refractivity contribution in [2.45, 2.75) is 20.0 Å². The van der Waals surface area contributed by atoms with E-state index in [4.69, 9.17) is 12.8 Å². The molecule has 0 saturated heterocycles. The van der Waals surface area contributed by atoms with Crippen LogP contribution >= 0.6 is 0 Å². The van der Waals surface area contributed by atoms with E-state index in [0.717, 1.165) is 24.3 Å². The second-order valence-corrected chi connectivity index (χ2v) is 4.21. The Balaban J connectivity index is 0.000000486. The van der Waals surface area contributed by atoms with Crippen molar-refractivity contribution in [3.05, 3.63) is 35.4 Å². The standard InChI is InChI=1S/C10H5F3O.C6H8O/c1-2-9(14)7-3-5-8(6-4-7)10(11,12)13;1-4-6(7)5(2)3/h1,3-6H;1,5H,2-3H3. The van der Waals surface area contributed by atoms with E-state index in [1.807, 2.05) is 11.8 Å². The van der Waals surface area contributed by atoms with Crippen LogP contribution < -0.4 is 0 Å². The predicted octanol–water partition coefficient (Wildman–Crippen LogP) is 3.37. The lowest BCUT2D eigenvalue weighted by Crippen LogP contribution is -2.05. The van der Waals surface area contributed by atoms with Crippen LogP contribution in [0.5, 0.6) is 0 Å². The third-order valence-electron chi connectivity index (χ3n) is 2.27. The Morgan fingerprint density at radius 3 is 1.76 bits per heavy atom. The zero-order valence-corrected chi connectivity index (χ0v) is 11.5. The molecule has 2 nitrogen and oxygen atoms in total. The first-order valence-corrected chi connectivity index (χ1v) is 5.82. The minimum Gasteiger partial charge on any atom is -0.285 e. The molecule has 0 saturated carbocycles. The minimum atomic E-state index is -4.39. The van der Waals surface area contributed by atoms with Gasteiger partial charge in [-0.05, 0) is 36.1 Å². The molecule has 110 valence electrons. The molecule has 0 unspecified atom stereocenters. The lowest BCUT2D eigenvalue weighted by atomic mass is 10.1. The average Bonchev–Trinajstić information content (AvgIpc) is 2.45. The summed E-state index contributed by atoms with van der Waals surface area (Å²) in [6, 6.07) is 3.77. The summed E-state index contributed by atoms with van der Waals surface area (Å²) >= 11 is 0. The van der Waals surface area contributed by atoms with Gasteiger partial charge in [-0.15, -0.1) is 12.8 Å². The van der Waals surface area contributed by atoms with E-state index in [9.17, 15) is 22.8 Å². The van der Waals surface area contributed by atoms with Gasteiger partial charge < -0.3 is 0 Å². The molecule has 1 aromatic carbocycles. The predicted molar refractivity (Wildman–Crippen MR) is 73.3 cm³/mol. The topological polar surface area (TPSA) is 34.1 Å². The summed E-state index contributed by atoms with van der Waals surface area (Å²) in [7, 11) is 0. The number of Topliss-reactive ketones (excluding diaryl/α,β-unsaturated/α-hetero) is 2. The summed E-state index contributed by atoms with van der Waals surface area (Å²) in [6.45, 7) is 3.56. The van der Waals surface area contributed by atoms with E-state index >= 15 is 0 Å². The van der Waals surface area contributed by atoms with Crippen LogP contribution in [0.15, 0.2) is 24.3 Å². The summed E-state index contributed by atoms with van der Waals surface area (Å²) in [5, 5.41) is 0. The number of hydrogen-bond donors (Lipinski definition) is 0. The van der Waals surface area contributed by atoms with E-state index in [1.165, 1.54) is 0 Å². The highest BCUT2D eigenvalue weighted by Gasteiger charge is 2.30. The van der Waals surface area contributed by atoms with Gasteiger partial charge in [0.15, 0.2) is 0 Å². The molecule has 0 aromatic heterocycles. The molecule has 5 heteroatoms. The fraction of sp³-hybridized carbons (Fsp3) is 0.250. The van der Waals surface area contributed by atoms with Crippen molar-refractivity contribution < 1.29 is 22.8 Å². The minimum absolute atomic E-state index is 0.00926. The van der Waals surface area contributed by atoms with Crippen LogP contribution in [0, 0.1) is 30.6 Å². The Bertz CT molecular complexity index is 582. The molecule has 0 aliphatic carbocycles. The molecule has 0 spiro atoms. The van der Waals surface area contributed by atoms with E-state index in [-0.39, 0.29) is 17.3 Å². The van der Waals surface area contributed by atoms with E-state index in [0.29, 0.717) is 0 Å². The first-order valence-electron chi connectivity index (χ1n) is 5.82. The van der Waals surface area contributed by atoms with Crippen LogP contribution in [0.3, 0.4) is 0 Å². The van der Waals surface area contributed by atoms with Gasteiger partial charge in [0.05, 0.1) is 5.56 Å². The van der Waals surface area contributed by atoms with Crippen molar-refractivity contribution in [3.8, 4) is 24.7 Å². The lowest BCUT2D eigenvalue weighted by Gasteiger charge is -2.05. The molecule has 21 heavy (non-hydrogen) atoms. The monoisotopic (exact) mass is 294 g/mol. The SMILES string of the molecule is C#CC(=O)C(C)C.C#CC(=O)c1ccc(C(F)(F)F)cc1. The molecule has 0 aliphatic heterocycles. The third kappa shape index (κ3) is 6.44. The molecule has 0 bridgehead atoms. The number of terminal acetylenes is 2. The fourth-order valence-electron chi connectivity index (χ4n) is 1.06. The molecule has 0 fully saturated rings. The molecule has 0 radical (unpaired) electrons. The second kappa shape index (κ2) is 7.91. The van der Waals surface area contributed by atoms with Crippen LogP contribution in [-0.4, -0.2) is 11.6 Å². The molecule has 0 amide bonds. The van der Waals surface area contributed by atoms with E-state index < -0.39 is 17.5 Å². The normalized spacial score (nSPS) is 9.90. The van der Waals surface area contributed by atoms with Crippen molar-refractivity contribution in [1.29, 1.82) is 0 Å². The molecular formula is C16H13F3O2. The van der Waals surface area contributed by atoms with Crippen molar-refractivity contribution in [2.24, 2.45) is 5.92 Å². The maximum Gasteiger partial charge on any atom is 0.416 e. The maximum absolute atomic E-state index is 12.1. The largest absolute Gasteiger partial charge is 0.416 e. The lowest BCUT2D eigenvalue weighted by molar-refractivity contribution is -0.137. The Labute approximate surface area is 121 Å². The quantitative estimate of drug-likeness (QED) is 0.476. The molecular weight excluding hydrogens is 281 g/mol. The van der Waals surface area contributed by atoms with Crippen LogP contribution in [0.4, 0.5) is 13.2 Å². The Kier molecular flexibility index (Phi) is 6.96. The van der Waals surface area contributed by atoms with Gasteiger partial charge in [-0.1, -0.05) is 13.8 Å². The number of halogens is 3. The highest BCUT2D eigenvalue weighted by molar-refractivity contribution is 6.08. The van der Waals surface area contributed by atoms with Gasteiger partial charge in [0.25, 0.3) is 0 Å². The van der Waals surface area contributed by atoms with Crippen LogP contribution in [-0.2, 0) is 11.0 Å². The number of alkyl halides is 3. The number of rotatable bonds is 2. The molecule has 1 aromatic rings. The van der Waals surface area contributed by atoms with Gasteiger partial charge in [-0.2, -0.15) is 13.2 Å². The molecule has 0 heterocycles. The van der Waals surface area contributed by atoms with Gasteiger partial charge in [-0.25, -0.2) is 0 Å². The van der Waals surface area contributed by atoms with Gasteiger partial charge in [0.2, 0.25) is 11.6 Å². The number of carbonyl (C=O) groups is 2. The van der Waals surface area contributed by atoms with Gasteiger partial charge in [-0.3, -0.25) is 9.59 Å². The first-order chi connectivity index (χ1) is 9.63. The fourth-order valence-corrected chi connectivity index (χ4v) is 1.06. The van der Waals surface area contributed by atoms with Crippen LogP contribution in [0.2, 0.25) is 0 Å². The average molecular weight is 294 g/mol. The van der Waals surface area contributed by atoms with Crippen molar-refractivity contribution in [3.63, 3.8) is 0 Å². The molecule has 0 N–H and O–H groups in total. The zero-order valence-electron chi connectivity index (χ0n) is 11.5. The smallest absolute Gasteiger partial charge is 0.285 e. The summed E-state index contributed by atoms with van der Waals surface area (Å²) in [5.41, 5.74) is -0.716. The summed E-state index contributed by atoms with van der Waals surface area (Å²) in [4.78, 5) is 21.1. The zero-order chi connectivity index (χ0) is 16.6. The van der Waals surface area contributed by atoms with Gasteiger partial charge >= 0.3 is 6.18 Å². The number of ketones is 2. The van der Waals surface area contributed by atoms with Gasteiger partial charge in [0, 0.05) is 11.5 Å². The van der Waals surface area contributed by atoms with E-state index in [2.05, 4.69) is 0 Å². The molecule has 0 aliphatic rings. The van der Waals surface area contributed by atoms with Crippen molar-refractivity contribution >= 4 is 11.6 Å². The number of hydrogen-bond acceptors (Lipinski definition) is 2. The third-order valence-corrected chi connectivity index (χ3v) is 2.27. The van der Waals surface area contributed by atoms with Gasteiger partial charge in [0.1, 0.15) is 0 Å². The van der Waals surface area contributed by atoms with Crippen molar-refractivity contribution in [2.75, 3.05) is 0 Å². The van der Waals surface area contributed by atoms with Crippen molar-refractivity contribution in [1.82, 2.24) is 0 Å². The van der Waals surface area contributed by atoms with Crippen LogP contribution in [0.25, 0.3) is 0 Å². The van der Waals surface area contributed by atoms with E-state index in [1.54, 1.807) is 13.8 Å². The summed E-state index contributed by atoms with van der Waals surface area (Å²) in [5.74, 6) is 3.08. The summed E-state index contributed by atoms with van der Waals surface area (Å²) < 4.78 is 36.2. The Morgan fingerprint density at radius 2 is 1.52 bits per heavy atom.